The third kappa shape index (κ3) is 6.36. The molecule has 0 radical (unpaired) electrons. The standard InChI is InChI=1S/C14H28N2O3S2/c1-14(2,21-20-6-5-15-3)8-13(18)16-9-12(19-4)7-11(16)10-17/h11-12,15,17H,5-10H2,1-4H3/t11-,12+/m0/s1. The van der Waals surface area contributed by atoms with Crippen molar-refractivity contribution in [1.29, 1.82) is 0 Å². The van der Waals surface area contributed by atoms with Gasteiger partial charge >= 0.3 is 0 Å². The van der Waals surface area contributed by atoms with E-state index in [9.17, 15) is 9.90 Å². The van der Waals surface area contributed by atoms with Crippen molar-refractivity contribution < 1.29 is 14.6 Å². The molecule has 0 saturated carbocycles. The zero-order valence-corrected chi connectivity index (χ0v) is 15.1. The van der Waals surface area contributed by atoms with Crippen molar-refractivity contribution in [1.82, 2.24) is 10.2 Å². The number of aliphatic hydroxyl groups excluding tert-OH is 1. The molecular weight excluding hydrogens is 308 g/mol. The number of amides is 1. The number of hydrogen-bond acceptors (Lipinski definition) is 6. The largest absolute Gasteiger partial charge is 0.394 e. The van der Waals surface area contributed by atoms with Crippen molar-refractivity contribution in [3.05, 3.63) is 0 Å². The maximum absolute atomic E-state index is 12.5. The van der Waals surface area contributed by atoms with E-state index in [1.807, 2.05) is 7.05 Å². The molecule has 2 N–H and O–H groups in total. The van der Waals surface area contributed by atoms with E-state index in [0.717, 1.165) is 18.7 Å². The quantitative estimate of drug-likeness (QED) is 0.490. The van der Waals surface area contributed by atoms with Crippen LogP contribution in [0.3, 0.4) is 0 Å². The van der Waals surface area contributed by atoms with Gasteiger partial charge in [-0.25, -0.2) is 0 Å². The molecule has 0 aromatic rings. The summed E-state index contributed by atoms with van der Waals surface area (Å²) < 4.78 is 5.21. The highest BCUT2D eigenvalue weighted by Crippen LogP contribution is 2.38. The van der Waals surface area contributed by atoms with Gasteiger partial charge in [-0.3, -0.25) is 4.79 Å². The van der Waals surface area contributed by atoms with Gasteiger partial charge in [0, 0.05) is 37.1 Å². The predicted molar refractivity (Wildman–Crippen MR) is 90.7 cm³/mol. The lowest BCUT2D eigenvalue weighted by molar-refractivity contribution is -0.133. The first-order chi connectivity index (χ1) is 9.93. The zero-order chi connectivity index (χ0) is 15.9. The lowest BCUT2D eigenvalue weighted by Crippen LogP contribution is -2.40. The normalized spacial score (nSPS) is 22.8. The molecule has 0 aromatic heterocycles. The highest BCUT2D eigenvalue weighted by Gasteiger charge is 2.36. The Morgan fingerprint density at radius 3 is 2.81 bits per heavy atom. The van der Waals surface area contributed by atoms with Crippen LogP contribution < -0.4 is 5.32 Å². The van der Waals surface area contributed by atoms with Gasteiger partial charge in [0.2, 0.25) is 5.91 Å². The Bertz CT molecular complexity index is 329. The van der Waals surface area contributed by atoms with Gasteiger partial charge in [-0.05, 0) is 27.3 Å². The number of likely N-dealkylation sites (tertiary alicyclic amines) is 1. The van der Waals surface area contributed by atoms with Crippen molar-refractivity contribution in [2.45, 2.75) is 43.6 Å². The van der Waals surface area contributed by atoms with Crippen LogP contribution in [0, 0.1) is 0 Å². The molecule has 0 bridgehead atoms. The van der Waals surface area contributed by atoms with Crippen LogP contribution >= 0.6 is 21.6 Å². The van der Waals surface area contributed by atoms with Gasteiger partial charge < -0.3 is 20.1 Å². The van der Waals surface area contributed by atoms with E-state index in [4.69, 9.17) is 4.74 Å². The molecule has 7 heteroatoms. The topological polar surface area (TPSA) is 61.8 Å². The van der Waals surface area contributed by atoms with Gasteiger partial charge in [0.15, 0.2) is 0 Å². The second-order valence-corrected chi connectivity index (χ2v) is 9.04. The molecule has 1 amide bonds. The van der Waals surface area contributed by atoms with Crippen molar-refractivity contribution >= 4 is 27.5 Å². The fraction of sp³-hybridized carbons (Fsp3) is 0.929. The Kier molecular flexibility index (Phi) is 8.41. The number of nitrogens with one attached hydrogen (secondary N) is 1. The van der Waals surface area contributed by atoms with E-state index < -0.39 is 0 Å². The minimum absolute atomic E-state index is 0.0100. The van der Waals surface area contributed by atoms with Crippen molar-refractivity contribution in [2.75, 3.05) is 39.6 Å². The maximum atomic E-state index is 12.5. The van der Waals surface area contributed by atoms with Gasteiger partial charge in [0.1, 0.15) is 0 Å². The van der Waals surface area contributed by atoms with Gasteiger partial charge in [0.25, 0.3) is 0 Å². The summed E-state index contributed by atoms with van der Waals surface area (Å²) in [6, 6.07) is -0.0970. The zero-order valence-electron chi connectivity index (χ0n) is 13.4. The minimum atomic E-state index is -0.110. The summed E-state index contributed by atoms with van der Waals surface area (Å²) in [4.78, 5) is 14.3. The fourth-order valence-corrected chi connectivity index (χ4v) is 4.87. The lowest BCUT2D eigenvalue weighted by atomic mass is 10.1. The molecule has 1 heterocycles. The number of aliphatic hydroxyl groups is 1. The molecule has 124 valence electrons. The third-order valence-corrected chi connectivity index (χ3v) is 6.83. The molecular formula is C14H28N2O3S2. The van der Waals surface area contributed by atoms with Gasteiger partial charge in [-0.1, -0.05) is 21.6 Å². The first-order valence-corrected chi connectivity index (χ1v) is 9.63. The summed E-state index contributed by atoms with van der Waals surface area (Å²) in [5.74, 6) is 1.13. The lowest BCUT2D eigenvalue weighted by Gasteiger charge is -2.28. The number of carbonyl (C=O) groups excluding carboxylic acids is 1. The Balaban J connectivity index is 2.46. The number of ether oxygens (including phenoxy) is 1. The molecule has 1 fully saturated rings. The summed E-state index contributed by atoms with van der Waals surface area (Å²) in [6.07, 6.45) is 1.26. The Labute approximate surface area is 136 Å². The number of rotatable bonds is 9. The van der Waals surface area contributed by atoms with E-state index in [2.05, 4.69) is 19.2 Å². The number of methoxy groups -OCH3 is 1. The van der Waals surface area contributed by atoms with Gasteiger partial charge in [-0.2, -0.15) is 0 Å². The average molecular weight is 337 g/mol. The minimum Gasteiger partial charge on any atom is -0.394 e. The Morgan fingerprint density at radius 2 is 2.24 bits per heavy atom. The van der Waals surface area contributed by atoms with Crippen LogP contribution in [0.5, 0.6) is 0 Å². The average Bonchev–Trinajstić information content (AvgIpc) is 2.86. The highest BCUT2D eigenvalue weighted by molar-refractivity contribution is 8.77. The van der Waals surface area contributed by atoms with Crippen LogP contribution in [0.2, 0.25) is 0 Å². The summed E-state index contributed by atoms with van der Waals surface area (Å²) >= 11 is 0. The predicted octanol–water partition coefficient (Wildman–Crippen LogP) is 1.36. The van der Waals surface area contributed by atoms with Crippen molar-refractivity contribution in [3.8, 4) is 0 Å². The van der Waals surface area contributed by atoms with Crippen LogP contribution in [-0.4, -0.2) is 72.4 Å². The Morgan fingerprint density at radius 1 is 1.52 bits per heavy atom. The smallest absolute Gasteiger partial charge is 0.224 e. The second kappa shape index (κ2) is 9.25. The van der Waals surface area contributed by atoms with E-state index in [0.29, 0.717) is 13.0 Å². The molecule has 0 spiro atoms. The van der Waals surface area contributed by atoms with E-state index >= 15 is 0 Å². The van der Waals surface area contributed by atoms with Crippen LogP contribution in [0.1, 0.15) is 26.7 Å². The van der Waals surface area contributed by atoms with E-state index in [1.165, 1.54) is 0 Å². The molecule has 21 heavy (non-hydrogen) atoms. The summed E-state index contributed by atoms with van der Waals surface area (Å²) in [5, 5.41) is 12.5. The highest BCUT2D eigenvalue weighted by atomic mass is 33.1. The Hall–Kier alpha value is 0.0500. The summed E-state index contributed by atoms with van der Waals surface area (Å²) in [5.41, 5.74) is 0. The molecule has 0 aliphatic carbocycles. The van der Waals surface area contributed by atoms with Crippen LogP contribution in [0.15, 0.2) is 0 Å². The number of hydrogen-bond donors (Lipinski definition) is 2. The molecule has 1 aliphatic heterocycles. The SMILES string of the molecule is CNCCSSC(C)(C)CC(=O)N1C[C@H](OC)C[C@H]1CO. The van der Waals surface area contributed by atoms with Crippen LogP contribution in [0.25, 0.3) is 0 Å². The maximum Gasteiger partial charge on any atom is 0.224 e. The first kappa shape index (κ1) is 19.1. The molecule has 0 aromatic carbocycles. The molecule has 1 aliphatic rings. The van der Waals surface area contributed by atoms with Crippen molar-refractivity contribution in [2.24, 2.45) is 0 Å². The first-order valence-electron chi connectivity index (χ1n) is 7.32. The third-order valence-electron chi connectivity index (χ3n) is 3.54. The molecule has 2 atom stereocenters. The van der Waals surface area contributed by atoms with Gasteiger partial charge in [-0.15, -0.1) is 0 Å². The molecule has 1 rings (SSSR count). The summed E-state index contributed by atoms with van der Waals surface area (Å²) in [6.45, 7) is 5.76. The number of nitrogens with zero attached hydrogens (tertiary/aromatic N) is 1. The van der Waals surface area contributed by atoms with Crippen molar-refractivity contribution in [3.63, 3.8) is 0 Å². The van der Waals surface area contributed by atoms with E-state index in [1.54, 1.807) is 33.6 Å². The monoisotopic (exact) mass is 336 g/mol. The van der Waals surface area contributed by atoms with Crippen LogP contribution in [0.4, 0.5) is 0 Å². The second-order valence-electron chi connectivity index (χ2n) is 5.92. The molecule has 0 unspecified atom stereocenters. The van der Waals surface area contributed by atoms with Gasteiger partial charge in [0.05, 0.1) is 18.8 Å². The van der Waals surface area contributed by atoms with E-state index in [-0.39, 0.29) is 29.4 Å². The fourth-order valence-electron chi connectivity index (χ4n) is 2.36. The van der Waals surface area contributed by atoms with Crippen LogP contribution in [-0.2, 0) is 9.53 Å². The summed E-state index contributed by atoms with van der Waals surface area (Å²) in [7, 11) is 7.14. The number of carbonyl (C=O) groups is 1. The molecule has 5 nitrogen and oxygen atoms in total. The molecule has 1 saturated heterocycles.